The highest BCUT2D eigenvalue weighted by atomic mass is 16.2. The summed E-state index contributed by atoms with van der Waals surface area (Å²) in [6.45, 7) is 12.1. The van der Waals surface area contributed by atoms with Crippen molar-refractivity contribution in [1.29, 1.82) is 0 Å². The number of nitrogens with zero attached hydrogens (tertiary/aromatic N) is 2. The summed E-state index contributed by atoms with van der Waals surface area (Å²) in [5.74, 6) is 0.0331. The molecule has 0 aromatic heterocycles. The molecule has 0 N–H and O–H groups in total. The van der Waals surface area contributed by atoms with Gasteiger partial charge in [0.05, 0.1) is 11.1 Å². The van der Waals surface area contributed by atoms with Gasteiger partial charge in [-0.05, 0) is 30.4 Å². The second-order valence-electron chi connectivity index (χ2n) is 6.74. The third-order valence-corrected chi connectivity index (χ3v) is 5.51. The standard InChI is InChI=1S/C18H22N2O/c1-6-16(3,4)18-11-12-19-17(18,5)20(13(2)21)15-10-8-7-9-14(15)18/h6-10,12H,1,11H2,2-5H3/t17-,18+/m1/s1. The molecule has 3 nitrogen and oxygen atoms in total. The zero-order chi connectivity index (χ0) is 15.5. The molecular weight excluding hydrogens is 260 g/mol. The highest BCUT2D eigenvalue weighted by molar-refractivity contribution is 5.98. The number of rotatable bonds is 2. The Balaban J connectivity index is 2.39. The fourth-order valence-corrected chi connectivity index (χ4v) is 4.41. The Labute approximate surface area is 126 Å². The van der Waals surface area contributed by atoms with Crippen molar-refractivity contribution in [3.63, 3.8) is 0 Å². The van der Waals surface area contributed by atoms with Crippen LogP contribution < -0.4 is 4.90 Å². The van der Waals surface area contributed by atoms with Gasteiger partial charge in [-0.3, -0.25) is 14.7 Å². The van der Waals surface area contributed by atoms with Gasteiger partial charge < -0.3 is 0 Å². The number of benzene rings is 1. The van der Waals surface area contributed by atoms with Gasteiger partial charge in [-0.25, -0.2) is 0 Å². The Hall–Kier alpha value is -1.90. The lowest BCUT2D eigenvalue weighted by molar-refractivity contribution is -0.118. The number of hydrogen-bond donors (Lipinski definition) is 0. The SMILES string of the molecule is C=CC(C)(C)[C@@]12CC=N[C@]1(C)N(C(C)=O)c1ccccc12. The molecule has 3 heteroatoms. The smallest absolute Gasteiger partial charge is 0.225 e. The Bertz CT molecular complexity index is 661. The molecule has 1 aromatic carbocycles. The third kappa shape index (κ3) is 1.39. The van der Waals surface area contributed by atoms with E-state index in [2.05, 4.69) is 33.4 Å². The minimum Gasteiger partial charge on any atom is -0.286 e. The molecule has 110 valence electrons. The Kier molecular flexibility index (Phi) is 2.72. The molecule has 21 heavy (non-hydrogen) atoms. The molecule has 2 aliphatic heterocycles. The van der Waals surface area contributed by atoms with E-state index < -0.39 is 5.66 Å². The van der Waals surface area contributed by atoms with Crippen molar-refractivity contribution >= 4 is 17.8 Å². The number of aliphatic imine (C=N–C) groups is 1. The van der Waals surface area contributed by atoms with Crippen LogP contribution in [0, 0.1) is 5.41 Å². The van der Waals surface area contributed by atoms with E-state index in [4.69, 9.17) is 4.99 Å². The summed E-state index contributed by atoms with van der Waals surface area (Å²) in [6.07, 6.45) is 4.79. The van der Waals surface area contributed by atoms with Crippen molar-refractivity contribution in [2.75, 3.05) is 4.90 Å². The van der Waals surface area contributed by atoms with Crippen molar-refractivity contribution in [2.45, 2.75) is 45.2 Å². The van der Waals surface area contributed by atoms with Gasteiger partial charge in [-0.2, -0.15) is 0 Å². The van der Waals surface area contributed by atoms with Gasteiger partial charge in [0.2, 0.25) is 5.91 Å². The van der Waals surface area contributed by atoms with Crippen molar-refractivity contribution < 1.29 is 4.79 Å². The van der Waals surface area contributed by atoms with Crippen LogP contribution in [0.5, 0.6) is 0 Å². The highest BCUT2D eigenvalue weighted by Gasteiger charge is 2.67. The molecule has 0 radical (unpaired) electrons. The summed E-state index contributed by atoms with van der Waals surface area (Å²) < 4.78 is 0. The molecule has 3 rings (SSSR count). The largest absolute Gasteiger partial charge is 0.286 e. The Morgan fingerprint density at radius 2 is 2.10 bits per heavy atom. The van der Waals surface area contributed by atoms with E-state index in [1.807, 2.05) is 35.4 Å². The number of allylic oxidation sites excluding steroid dienone is 1. The number of carbonyl (C=O) groups excluding carboxylic acids is 1. The third-order valence-electron chi connectivity index (χ3n) is 5.51. The second-order valence-corrected chi connectivity index (χ2v) is 6.74. The Morgan fingerprint density at radius 3 is 2.71 bits per heavy atom. The van der Waals surface area contributed by atoms with Gasteiger partial charge >= 0.3 is 0 Å². The van der Waals surface area contributed by atoms with E-state index in [1.54, 1.807) is 6.92 Å². The monoisotopic (exact) mass is 282 g/mol. The topological polar surface area (TPSA) is 32.7 Å². The lowest BCUT2D eigenvalue weighted by Crippen LogP contribution is -2.59. The number of hydrogen-bond acceptors (Lipinski definition) is 2. The highest BCUT2D eigenvalue weighted by Crippen LogP contribution is 2.64. The van der Waals surface area contributed by atoms with E-state index >= 15 is 0 Å². The van der Waals surface area contributed by atoms with Crippen LogP contribution in [-0.2, 0) is 10.2 Å². The molecule has 2 heterocycles. The predicted molar refractivity (Wildman–Crippen MR) is 86.8 cm³/mol. The van der Waals surface area contributed by atoms with Crippen molar-refractivity contribution in [2.24, 2.45) is 10.4 Å². The lowest BCUT2D eigenvalue weighted by Gasteiger charge is -2.49. The average molecular weight is 282 g/mol. The molecular formula is C18H22N2O. The van der Waals surface area contributed by atoms with E-state index in [0.717, 1.165) is 12.1 Å². The maximum absolute atomic E-state index is 12.3. The molecule has 0 fully saturated rings. The minimum absolute atomic E-state index is 0.0331. The van der Waals surface area contributed by atoms with E-state index in [-0.39, 0.29) is 16.7 Å². The van der Waals surface area contributed by atoms with Gasteiger partial charge in [0.25, 0.3) is 0 Å². The lowest BCUT2D eigenvalue weighted by atomic mass is 9.57. The zero-order valence-electron chi connectivity index (χ0n) is 13.2. The second kappa shape index (κ2) is 4.06. The predicted octanol–water partition coefficient (Wildman–Crippen LogP) is 3.69. The first-order chi connectivity index (χ1) is 9.82. The van der Waals surface area contributed by atoms with Crippen LogP contribution in [-0.4, -0.2) is 17.8 Å². The molecule has 0 saturated carbocycles. The molecule has 2 aliphatic rings. The van der Waals surface area contributed by atoms with Crippen molar-refractivity contribution in [3.8, 4) is 0 Å². The molecule has 1 amide bonds. The van der Waals surface area contributed by atoms with Gasteiger partial charge in [-0.15, -0.1) is 6.58 Å². The van der Waals surface area contributed by atoms with Crippen molar-refractivity contribution in [1.82, 2.24) is 0 Å². The number of anilines is 1. The molecule has 0 aliphatic carbocycles. The van der Waals surface area contributed by atoms with Gasteiger partial charge in [-0.1, -0.05) is 38.1 Å². The minimum atomic E-state index is -0.583. The van der Waals surface area contributed by atoms with Crippen LogP contribution in [0.3, 0.4) is 0 Å². The summed E-state index contributed by atoms with van der Waals surface area (Å²) in [5, 5.41) is 0. The molecule has 0 saturated heterocycles. The number of para-hydroxylation sites is 1. The maximum Gasteiger partial charge on any atom is 0.225 e. The Morgan fingerprint density at radius 1 is 1.43 bits per heavy atom. The van der Waals surface area contributed by atoms with Crippen LogP contribution in [0.2, 0.25) is 0 Å². The summed E-state index contributed by atoms with van der Waals surface area (Å²) in [6, 6.07) is 8.19. The molecule has 0 unspecified atom stereocenters. The van der Waals surface area contributed by atoms with Crippen LogP contribution in [0.15, 0.2) is 41.9 Å². The maximum atomic E-state index is 12.3. The van der Waals surface area contributed by atoms with Gasteiger partial charge in [0, 0.05) is 13.1 Å². The zero-order valence-corrected chi connectivity index (χ0v) is 13.2. The van der Waals surface area contributed by atoms with Crippen LogP contribution >= 0.6 is 0 Å². The van der Waals surface area contributed by atoms with Crippen LogP contribution in [0.4, 0.5) is 5.69 Å². The van der Waals surface area contributed by atoms with Gasteiger partial charge in [0.15, 0.2) is 0 Å². The number of carbonyl (C=O) groups is 1. The van der Waals surface area contributed by atoms with E-state index in [0.29, 0.717) is 0 Å². The van der Waals surface area contributed by atoms with E-state index in [9.17, 15) is 4.79 Å². The average Bonchev–Trinajstić information content (AvgIpc) is 2.87. The van der Waals surface area contributed by atoms with Crippen molar-refractivity contribution in [3.05, 3.63) is 42.5 Å². The van der Waals surface area contributed by atoms with Crippen LogP contribution in [0.1, 0.15) is 39.7 Å². The molecule has 2 atom stereocenters. The quantitative estimate of drug-likeness (QED) is 0.761. The fourth-order valence-electron chi connectivity index (χ4n) is 4.41. The first kappa shape index (κ1) is 14.1. The first-order valence-corrected chi connectivity index (χ1v) is 7.39. The summed E-state index contributed by atoms with van der Waals surface area (Å²) in [4.78, 5) is 19.0. The number of amides is 1. The normalized spacial score (nSPS) is 30.2. The number of fused-ring (bicyclic) bond motifs is 3. The molecule has 1 aromatic rings. The first-order valence-electron chi connectivity index (χ1n) is 7.39. The van der Waals surface area contributed by atoms with Crippen LogP contribution in [0.25, 0.3) is 0 Å². The molecule has 0 spiro atoms. The molecule has 0 bridgehead atoms. The van der Waals surface area contributed by atoms with Gasteiger partial charge in [0.1, 0.15) is 5.66 Å². The summed E-state index contributed by atoms with van der Waals surface area (Å²) >= 11 is 0. The van der Waals surface area contributed by atoms with E-state index in [1.165, 1.54) is 5.56 Å². The fraction of sp³-hybridized carbons (Fsp3) is 0.444. The summed E-state index contributed by atoms with van der Waals surface area (Å²) in [7, 11) is 0. The summed E-state index contributed by atoms with van der Waals surface area (Å²) in [5.41, 5.74) is 1.16.